The summed E-state index contributed by atoms with van der Waals surface area (Å²) in [6.07, 6.45) is 0. The van der Waals surface area contributed by atoms with E-state index in [4.69, 9.17) is 5.73 Å². The van der Waals surface area contributed by atoms with Crippen molar-refractivity contribution < 1.29 is 0 Å². The third kappa shape index (κ3) is 2.39. The summed E-state index contributed by atoms with van der Waals surface area (Å²) < 4.78 is 0. The van der Waals surface area contributed by atoms with Gasteiger partial charge in [-0.1, -0.05) is 20.8 Å². The zero-order valence-electron chi connectivity index (χ0n) is 8.22. The molecule has 3 N–H and O–H groups in total. The van der Waals surface area contributed by atoms with Crippen LogP contribution in [-0.4, -0.2) is 9.97 Å². The predicted molar refractivity (Wildman–Crippen MR) is 51.4 cm³/mol. The van der Waals surface area contributed by atoms with Gasteiger partial charge in [0.15, 0.2) is 0 Å². The lowest BCUT2D eigenvalue weighted by Gasteiger charge is -2.17. The smallest absolute Gasteiger partial charge is 0.251 e. The average molecular weight is 181 g/mol. The van der Waals surface area contributed by atoms with Gasteiger partial charge in [-0.2, -0.15) is 0 Å². The molecule has 0 aliphatic rings. The third-order valence-electron chi connectivity index (χ3n) is 1.71. The van der Waals surface area contributed by atoms with Crippen LogP contribution in [0.25, 0.3) is 0 Å². The second-order valence-electron chi connectivity index (χ2n) is 4.04. The van der Waals surface area contributed by atoms with Gasteiger partial charge in [0.05, 0.1) is 5.69 Å². The number of aromatic amines is 1. The standard InChI is InChI=1S/C9H15N3O/c1-9(2,3)8-11-6(5-10)4-7(13)12-8/h4H,5,10H2,1-3H3,(H,11,12,13). The van der Waals surface area contributed by atoms with Crippen LogP contribution in [0.1, 0.15) is 32.3 Å². The van der Waals surface area contributed by atoms with E-state index in [2.05, 4.69) is 9.97 Å². The number of aromatic nitrogens is 2. The van der Waals surface area contributed by atoms with Gasteiger partial charge in [0.2, 0.25) is 0 Å². The van der Waals surface area contributed by atoms with Gasteiger partial charge in [-0.15, -0.1) is 0 Å². The molecular formula is C9H15N3O. The van der Waals surface area contributed by atoms with E-state index in [0.717, 1.165) is 0 Å². The van der Waals surface area contributed by atoms with Crippen molar-refractivity contribution in [3.8, 4) is 0 Å². The first-order valence-corrected chi connectivity index (χ1v) is 4.24. The van der Waals surface area contributed by atoms with E-state index < -0.39 is 0 Å². The molecule has 0 radical (unpaired) electrons. The molecule has 1 heterocycles. The molecular weight excluding hydrogens is 166 g/mol. The van der Waals surface area contributed by atoms with Crippen molar-refractivity contribution >= 4 is 0 Å². The average Bonchev–Trinajstić information content (AvgIpc) is 2.01. The van der Waals surface area contributed by atoms with E-state index in [1.165, 1.54) is 6.07 Å². The van der Waals surface area contributed by atoms with Crippen LogP contribution in [0.15, 0.2) is 10.9 Å². The number of nitrogens with zero attached hydrogens (tertiary/aromatic N) is 1. The Labute approximate surface area is 77.2 Å². The first kappa shape index (κ1) is 9.92. The molecule has 4 nitrogen and oxygen atoms in total. The maximum Gasteiger partial charge on any atom is 0.251 e. The Morgan fingerprint density at radius 1 is 1.54 bits per heavy atom. The molecule has 0 saturated heterocycles. The van der Waals surface area contributed by atoms with Crippen molar-refractivity contribution in [2.24, 2.45) is 5.73 Å². The van der Waals surface area contributed by atoms with E-state index in [1.807, 2.05) is 20.8 Å². The Kier molecular flexibility index (Phi) is 2.52. The van der Waals surface area contributed by atoms with E-state index in [1.54, 1.807) is 0 Å². The highest BCUT2D eigenvalue weighted by Crippen LogP contribution is 2.16. The minimum absolute atomic E-state index is 0.139. The van der Waals surface area contributed by atoms with Crippen LogP contribution in [0.5, 0.6) is 0 Å². The molecule has 0 fully saturated rings. The monoisotopic (exact) mass is 181 g/mol. The van der Waals surface area contributed by atoms with E-state index in [0.29, 0.717) is 18.1 Å². The maximum atomic E-state index is 11.2. The predicted octanol–water partition coefficient (Wildman–Crippen LogP) is 0.526. The number of nitrogens with one attached hydrogen (secondary N) is 1. The van der Waals surface area contributed by atoms with Crippen LogP contribution in [0.3, 0.4) is 0 Å². The summed E-state index contributed by atoms with van der Waals surface area (Å²) in [5.41, 5.74) is 5.76. The first-order valence-electron chi connectivity index (χ1n) is 4.24. The number of rotatable bonds is 1. The van der Waals surface area contributed by atoms with Crippen LogP contribution in [0, 0.1) is 0 Å². The van der Waals surface area contributed by atoms with Crippen molar-refractivity contribution in [2.75, 3.05) is 0 Å². The lowest BCUT2D eigenvalue weighted by atomic mass is 9.95. The van der Waals surface area contributed by atoms with Crippen LogP contribution in [0.2, 0.25) is 0 Å². The molecule has 0 bridgehead atoms. The number of H-pyrrole nitrogens is 1. The summed E-state index contributed by atoms with van der Waals surface area (Å²) in [7, 11) is 0. The fourth-order valence-corrected chi connectivity index (χ4v) is 0.968. The Morgan fingerprint density at radius 3 is 2.62 bits per heavy atom. The quantitative estimate of drug-likeness (QED) is 0.663. The third-order valence-corrected chi connectivity index (χ3v) is 1.71. The minimum atomic E-state index is -0.148. The van der Waals surface area contributed by atoms with Crippen molar-refractivity contribution in [2.45, 2.75) is 32.7 Å². The summed E-state index contributed by atoms with van der Waals surface area (Å²) in [5.74, 6) is 0.681. The second kappa shape index (κ2) is 3.30. The molecule has 13 heavy (non-hydrogen) atoms. The fraction of sp³-hybridized carbons (Fsp3) is 0.556. The lowest BCUT2D eigenvalue weighted by molar-refractivity contribution is 0.538. The maximum absolute atomic E-state index is 11.2. The van der Waals surface area contributed by atoms with Crippen molar-refractivity contribution in [3.63, 3.8) is 0 Å². The molecule has 0 spiro atoms. The minimum Gasteiger partial charge on any atom is -0.325 e. The molecule has 4 heteroatoms. The molecule has 1 rings (SSSR count). The summed E-state index contributed by atoms with van der Waals surface area (Å²) in [5, 5.41) is 0. The number of nitrogens with two attached hydrogens (primary N) is 1. The van der Waals surface area contributed by atoms with Crippen LogP contribution in [0.4, 0.5) is 0 Å². The van der Waals surface area contributed by atoms with Gasteiger partial charge >= 0.3 is 0 Å². The van der Waals surface area contributed by atoms with Crippen molar-refractivity contribution in [3.05, 3.63) is 27.9 Å². The Hall–Kier alpha value is -1.16. The van der Waals surface area contributed by atoms with E-state index >= 15 is 0 Å². The summed E-state index contributed by atoms with van der Waals surface area (Å²) in [4.78, 5) is 18.1. The van der Waals surface area contributed by atoms with Gasteiger partial charge in [-0.05, 0) is 0 Å². The molecule has 0 aliphatic carbocycles. The number of hydrogen-bond acceptors (Lipinski definition) is 3. The SMILES string of the molecule is CC(C)(C)c1nc(CN)cc(=O)[nH]1. The molecule has 1 aromatic rings. The molecule has 0 amide bonds. The molecule has 0 aliphatic heterocycles. The lowest BCUT2D eigenvalue weighted by Crippen LogP contribution is -2.23. The molecule has 0 aromatic carbocycles. The topological polar surface area (TPSA) is 71.8 Å². The summed E-state index contributed by atoms with van der Waals surface area (Å²) in [6, 6.07) is 1.43. The van der Waals surface area contributed by atoms with Gasteiger partial charge in [0, 0.05) is 18.0 Å². The van der Waals surface area contributed by atoms with E-state index in [-0.39, 0.29) is 11.0 Å². The largest absolute Gasteiger partial charge is 0.325 e. The van der Waals surface area contributed by atoms with Gasteiger partial charge in [-0.3, -0.25) is 4.79 Å². The summed E-state index contributed by atoms with van der Waals surface area (Å²) >= 11 is 0. The van der Waals surface area contributed by atoms with Gasteiger partial charge in [-0.25, -0.2) is 4.98 Å². The van der Waals surface area contributed by atoms with Crippen LogP contribution in [-0.2, 0) is 12.0 Å². The Balaban J connectivity index is 3.24. The van der Waals surface area contributed by atoms with Crippen LogP contribution < -0.4 is 11.3 Å². The molecule has 72 valence electrons. The summed E-state index contributed by atoms with van der Waals surface area (Å²) in [6.45, 7) is 6.27. The molecule has 1 aromatic heterocycles. The van der Waals surface area contributed by atoms with Crippen molar-refractivity contribution in [1.82, 2.24) is 9.97 Å². The first-order chi connectivity index (χ1) is 5.93. The highest BCUT2D eigenvalue weighted by molar-refractivity contribution is 5.08. The zero-order valence-corrected chi connectivity index (χ0v) is 8.22. The van der Waals surface area contributed by atoms with Gasteiger partial charge in [0.25, 0.3) is 5.56 Å². The molecule has 0 saturated carbocycles. The zero-order chi connectivity index (χ0) is 10.1. The highest BCUT2D eigenvalue weighted by Gasteiger charge is 2.16. The van der Waals surface area contributed by atoms with Crippen molar-refractivity contribution in [1.29, 1.82) is 0 Å². The normalized spacial score (nSPS) is 11.7. The highest BCUT2D eigenvalue weighted by atomic mass is 16.1. The molecule has 0 unspecified atom stereocenters. The fourth-order valence-electron chi connectivity index (χ4n) is 0.968. The Bertz CT molecular complexity index is 349. The van der Waals surface area contributed by atoms with Gasteiger partial charge < -0.3 is 10.7 Å². The van der Waals surface area contributed by atoms with E-state index in [9.17, 15) is 4.79 Å². The molecule has 0 atom stereocenters. The Morgan fingerprint density at radius 2 is 2.15 bits per heavy atom. The van der Waals surface area contributed by atoms with Gasteiger partial charge in [0.1, 0.15) is 5.82 Å². The van der Waals surface area contributed by atoms with Crippen LogP contribution >= 0.6 is 0 Å². The second-order valence-corrected chi connectivity index (χ2v) is 4.04. The number of hydrogen-bond donors (Lipinski definition) is 2.